The molecule has 0 aliphatic heterocycles. The molecule has 0 aliphatic rings. The predicted octanol–water partition coefficient (Wildman–Crippen LogP) is 3.10. The molecule has 0 fully saturated rings. The highest BCUT2D eigenvalue weighted by Crippen LogP contribution is 2.12. The normalized spacial score (nSPS) is 14.4. The van der Waals surface area contributed by atoms with E-state index in [1.54, 1.807) is 6.92 Å². The van der Waals surface area contributed by atoms with Gasteiger partial charge in [-0.15, -0.1) is 0 Å². The molecule has 6 nitrogen and oxygen atoms in total. The molecule has 0 aromatic carbocycles. The Labute approximate surface area is 145 Å². The van der Waals surface area contributed by atoms with Crippen molar-refractivity contribution in [1.82, 2.24) is 0 Å². The van der Waals surface area contributed by atoms with E-state index in [1.165, 1.54) is 0 Å². The summed E-state index contributed by atoms with van der Waals surface area (Å²) in [5.74, 6) is -1.47. The summed E-state index contributed by atoms with van der Waals surface area (Å²) in [4.78, 5) is 35.0. The minimum atomic E-state index is -0.553. The zero-order valence-electron chi connectivity index (χ0n) is 15.2. The molecular weight excluding hydrogens is 312 g/mol. The Bertz CT molecular complexity index is 393. The van der Waals surface area contributed by atoms with E-state index in [-0.39, 0.29) is 37.8 Å². The van der Waals surface area contributed by atoms with Gasteiger partial charge in [-0.3, -0.25) is 14.4 Å². The van der Waals surface area contributed by atoms with Gasteiger partial charge in [-0.05, 0) is 32.1 Å². The largest absolute Gasteiger partial charge is 0.465 e. The Morgan fingerprint density at radius 2 is 1.29 bits per heavy atom. The first-order valence-electron chi connectivity index (χ1n) is 8.66. The van der Waals surface area contributed by atoms with Crippen LogP contribution in [0.3, 0.4) is 0 Å². The molecule has 0 rings (SSSR count). The SMILES string of the molecule is [CH]C(CC)COC(=O)CC(CC)OC(=O)CC(CC)OC(=O)CC. The molecule has 0 saturated carbocycles. The average molecular weight is 342 g/mol. The fourth-order valence-electron chi connectivity index (χ4n) is 1.79. The van der Waals surface area contributed by atoms with Gasteiger partial charge in [-0.2, -0.15) is 0 Å². The summed E-state index contributed by atoms with van der Waals surface area (Å²) in [6.45, 7) is 13.1. The molecular formula is C18H30O6. The van der Waals surface area contributed by atoms with Crippen LogP contribution < -0.4 is 0 Å². The van der Waals surface area contributed by atoms with E-state index >= 15 is 0 Å². The van der Waals surface area contributed by atoms with E-state index in [4.69, 9.17) is 21.1 Å². The number of carbonyl (C=O) groups is 3. The predicted molar refractivity (Wildman–Crippen MR) is 88.9 cm³/mol. The van der Waals surface area contributed by atoms with Gasteiger partial charge in [-0.25, -0.2) is 0 Å². The smallest absolute Gasteiger partial charge is 0.309 e. The molecule has 3 unspecified atom stereocenters. The Hall–Kier alpha value is -1.59. The fourth-order valence-corrected chi connectivity index (χ4v) is 1.79. The van der Waals surface area contributed by atoms with E-state index in [0.717, 1.165) is 0 Å². The van der Waals surface area contributed by atoms with Crippen LogP contribution in [0.2, 0.25) is 0 Å². The first-order chi connectivity index (χ1) is 11.4. The van der Waals surface area contributed by atoms with Crippen molar-refractivity contribution < 1.29 is 28.6 Å². The summed E-state index contributed by atoms with van der Waals surface area (Å²) in [6.07, 6.45) is 0.905. The van der Waals surface area contributed by atoms with Crippen LogP contribution in [0.4, 0.5) is 0 Å². The maximum absolute atomic E-state index is 12.0. The van der Waals surface area contributed by atoms with Crippen molar-refractivity contribution in [3.8, 4) is 0 Å². The Kier molecular flexibility index (Phi) is 11.9. The molecule has 138 valence electrons. The van der Waals surface area contributed by atoms with Crippen LogP contribution in [-0.2, 0) is 28.6 Å². The van der Waals surface area contributed by atoms with Crippen LogP contribution in [0.25, 0.3) is 0 Å². The average Bonchev–Trinajstić information content (AvgIpc) is 2.57. The van der Waals surface area contributed by atoms with Gasteiger partial charge >= 0.3 is 17.9 Å². The lowest BCUT2D eigenvalue weighted by Crippen LogP contribution is -2.27. The molecule has 6 heteroatoms. The molecule has 0 amide bonds. The van der Waals surface area contributed by atoms with Crippen molar-refractivity contribution in [1.29, 1.82) is 0 Å². The highest BCUT2D eigenvalue weighted by atomic mass is 16.6. The van der Waals surface area contributed by atoms with Gasteiger partial charge in [0.15, 0.2) is 0 Å². The van der Waals surface area contributed by atoms with Crippen LogP contribution in [0.1, 0.15) is 66.2 Å². The van der Waals surface area contributed by atoms with Gasteiger partial charge in [0.05, 0.1) is 19.4 Å². The quantitative estimate of drug-likeness (QED) is 0.400. The molecule has 0 N–H and O–H groups in total. The molecule has 0 aromatic rings. The Morgan fingerprint density at radius 1 is 0.792 bits per heavy atom. The number of hydrogen-bond donors (Lipinski definition) is 0. The molecule has 3 atom stereocenters. The highest BCUT2D eigenvalue weighted by molar-refractivity contribution is 5.74. The maximum atomic E-state index is 12.0. The third-order valence-electron chi connectivity index (χ3n) is 3.57. The van der Waals surface area contributed by atoms with Crippen molar-refractivity contribution in [2.45, 2.75) is 78.4 Å². The molecule has 0 bridgehead atoms. The van der Waals surface area contributed by atoms with Gasteiger partial charge in [0.25, 0.3) is 0 Å². The standard InChI is InChI=1S/C18H30O6/c1-6-13(5)12-22-17(20)10-14(7-2)24-18(21)11-15(8-3)23-16(19)9-4/h5,13-15H,6-12H2,1-4H3. The second-order valence-electron chi connectivity index (χ2n) is 5.65. The van der Waals surface area contributed by atoms with Crippen LogP contribution in [0, 0.1) is 12.8 Å². The Balaban J connectivity index is 4.31. The van der Waals surface area contributed by atoms with Crippen molar-refractivity contribution in [2.24, 2.45) is 5.92 Å². The van der Waals surface area contributed by atoms with Crippen molar-refractivity contribution in [3.63, 3.8) is 0 Å². The third kappa shape index (κ3) is 10.2. The molecule has 0 saturated heterocycles. The number of hydrogen-bond acceptors (Lipinski definition) is 6. The zero-order chi connectivity index (χ0) is 18.5. The zero-order valence-corrected chi connectivity index (χ0v) is 15.2. The number of rotatable bonds is 12. The van der Waals surface area contributed by atoms with Crippen LogP contribution in [0.15, 0.2) is 0 Å². The van der Waals surface area contributed by atoms with Crippen LogP contribution in [0.5, 0.6) is 0 Å². The lowest BCUT2D eigenvalue weighted by molar-refractivity contribution is -0.160. The number of carbonyl (C=O) groups excluding carboxylic acids is 3. The summed E-state index contributed by atoms with van der Waals surface area (Å²) in [7, 11) is 0. The summed E-state index contributed by atoms with van der Waals surface area (Å²) >= 11 is 0. The van der Waals surface area contributed by atoms with E-state index < -0.39 is 24.1 Å². The van der Waals surface area contributed by atoms with Crippen LogP contribution >= 0.6 is 0 Å². The summed E-state index contributed by atoms with van der Waals surface area (Å²) in [6, 6.07) is 0. The molecule has 2 radical (unpaired) electrons. The Morgan fingerprint density at radius 3 is 1.75 bits per heavy atom. The minimum Gasteiger partial charge on any atom is -0.465 e. The van der Waals surface area contributed by atoms with E-state index in [0.29, 0.717) is 19.3 Å². The first kappa shape index (κ1) is 22.4. The van der Waals surface area contributed by atoms with Gasteiger partial charge in [-0.1, -0.05) is 27.7 Å². The first-order valence-corrected chi connectivity index (χ1v) is 8.66. The molecule has 0 heterocycles. The molecule has 0 aromatic heterocycles. The van der Waals surface area contributed by atoms with Gasteiger partial charge < -0.3 is 14.2 Å². The summed E-state index contributed by atoms with van der Waals surface area (Å²) in [5.41, 5.74) is 0. The van der Waals surface area contributed by atoms with E-state index in [2.05, 4.69) is 0 Å². The lowest BCUT2D eigenvalue weighted by atomic mass is 10.1. The monoisotopic (exact) mass is 342 g/mol. The van der Waals surface area contributed by atoms with Gasteiger partial charge in [0, 0.05) is 6.42 Å². The molecule has 24 heavy (non-hydrogen) atoms. The second-order valence-corrected chi connectivity index (χ2v) is 5.65. The topological polar surface area (TPSA) is 78.9 Å². The van der Waals surface area contributed by atoms with E-state index in [1.807, 2.05) is 20.8 Å². The summed E-state index contributed by atoms with van der Waals surface area (Å²) in [5, 5.41) is 0. The minimum absolute atomic E-state index is 0.00971. The van der Waals surface area contributed by atoms with Crippen molar-refractivity contribution >= 4 is 17.9 Å². The summed E-state index contributed by atoms with van der Waals surface area (Å²) < 4.78 is 15.5. The molecule has 0 aliphatic carbocycles. The van der Waals surface area contributed by atoms with Crippen molar-refractivity contribution in [2.75, 3.05) is 6.61 Å². The number of ether oxygens (including phenoxy) is 3. The fraction of sp³-hybridized carbons (Fsp3) is 0.778. The highest BCUT2D eigenvalue weighted by Gasteiger charge is 2.22. The van der Waals surface area contributed by atoms with Gasteiger partial charge in [0.2, 0.25) is 0 Å². The number of esters is 3. The van der Waals surface area contributed by atoms with E-state index in [9.17, 15) is 14.4 Å². The van der Waals surface area contributed by atoms with Crippen molar-refractivity contribution in [3.05, 3.63) is 6.92 Å². The maximum Gasteiger partial charge on any atom is 0.309 e. The van der Waals surface area contributed by atoms with Crippen LogP contribution in [-0.4, -0.2) is 36.7 Å². The second kappa shape index (κ2) is 12.8. The third-order valence-corrected chi connectivity index (χ3v) is 3.57. The molecule has 0 spiro atoms. The lowest BCUT2D eigenvalue weighted by Gasteiger charge is -2.19. The van der Waals surface area contributed by atoms with Gasteiger partial charge in [0.1, 0.15) is 12.2 Å².